The van der Waals surface area contributed by atoms with Gasteiger partial charge in [-0.2, -0.15) is 0 Å². The minimum absolute atomic E-state index is 0.167. The molecule has 1 unspecified atom stereocenters. The van der Waals surface area contributed by atoms with Crippen LogP contribution in [-0.4, -0.2) is 14.7 Å². The van der Waals surface area contributed by atoms with Crippen molar-refractivity contribution in [2.45, 2.75) is 12.6 Å². The maximum Gasteiger partial charge on any atom is 0.253 e. The van der Waals surface area contributed by atoms with Crippen molar-refractivity contribution in [1.82, 2.24) is 9.55 Å². The molecular formula is C16H14N2O2. The fourth-order valence-corrected chi connectivity index (χ4v) is 2.22. The second kappa shape index (κ2) is 5.27. The number of fused-ring (bicyclic) bond motifs is 1. The fourth-order valence-electron chi connectivity index (χ4n) is 2.22. The molecule has 0 saturated heterocycles. The molecule has 1 aromatic heterocycles. The van der Waals surface area contributed by atoms with Crippen LogP contribution >= 0.6 is 0 Å². The van der Waals surface area contributed by atoms with Crippen molar-refractivity contribution < 1.29 is 5.11 Å². The van der Waals surface area contributed by atoms with Gasteiger partial charge in [-0.25, -0.2) is 4.98 Å². The SMILES string of the molecule is O=c1ccncn1CC(O)c1ccc2ccccc2c1. The Morgan fingerprint density at radius 2 is 1.90 bits per heavy atom. The highest BCUT2D eigenvalue weighted by Gasteiger charge is 2.09. The Kier molecular flexibility index (Phi) is 3.31. The summed E-state index contributed by atoms with van der Waals surface area (Å²) in [7, 11) is 0. The number of rotatable bonds is 3. The summed E-state index contributed by atoms with van der Waals surface area (Å²) in [6.45, 7) is 0.199. The number of aliphatic hydroxyl groups is 1. The maximum absolute atomic E-state index is 11.6. The summed E-state index contributed by atoms with van der Waals surface area (Å²) >= 11 is 0. The first-order valence-electron chi connectivity index (χ1n) is 6.41. The molecule has 0 aliphatic rings. The Morgan fingerprint density at radius 3 is 2.70 bits per heavy atom. The lowest BCUT2D eigenvalue weighted by Crippen LogP contribution is -2.22. The largest absolute Gasteiger partial charge is 0.387 e. The monoisotopic (exact) mass is 266 g/mol. The highest BCUT2D eigenvalue weighted by Crippen LogP contribution is 2.21. The van der Waals surface area contributed by atoms with Crippen molar-refractivity contribution in [1.29, 1.82) is 0 Å². The van der Waals surface area contributed by atoms with E-state index >= 15 is 0 Å². The number of nitrogens with zero attached hydrogens (tertiary/aromatic N) is 2. The second-order valence-electron chi connectivity index (χ2n) is 4.69. The van der Waals surface area contributed by atoms with E-state index in [9.17, 15) is 9.90 Å². The van der Waals surface area contributed by atoms with E-state index in [2.05, 4.69) is 4.98 Å². The Balaban J connectivity index is 1.91. The normalized spacial score (nSPS) is 12.4. The van der Waals surface area contributed by atoms with E-state index in [1.54, 1.807) is 0 Å². The van der Waals surface area contributed by atoms with Crippen LogP contribution in [0, 0.1) is 0 Å². The number of benzene rings is 2. The fraction of sp³-hybridized carbons (Fsp3) is 0.125. The summed E-state index contributed by atoms with van der Waals surface area (Å²) in [5.74, 6) is 0. The predicted molar refractivity (Wildman–Crippen MR) is 77.4 cm³/mol. The molecule has 1 atom stereocenters. The summed E-state index contributed by atoms with van der Waals surface area (Å²) < 4.78 is 1.40. The first-order chi connectivity index (χ1) is 9.74. The zero-order valence-electron chi connectivity index (χ0n) is 10.8. The molecule has 0 spiro atoms. The zero-order chi connectivity index (χ0) is 13.9. The third-order valence-electron chi connectivity index (χ3n) is 3.32. The molecular weight excluding hydrogens is 252 g/mol. The van der Waals surface area contributed by atoms with Crippen molar-refractivity contribution in [2.75, 3.05) is 0 Å². The van der Waals surface area contributed by atoms with Gasteiger partial charge in [-0.15, -0.1) is 0 Å². The zero-order valence-corrected chi connectivity index (χ0v) is 10.8. The minimum atomic E-state index is -0.735. The van der Waals surface area contributed by atoms with Crippen molar-refractivity contribution in [3.8, 4) is 0 Å². The van der Waals surface area contributed by atoms with E-state index in [0.29, 0.717) is 0 Å². The van der Waals surface area contributed by atoms with Gasteiger partial charge in [0.2, 0.25) is 0 Å². The van der Waals surface area contributed by atoms with Gasteiger partial charge >= 0.3 is 0 Å². The lowest BCUT2D eigenvalue weighted by Gasteiger charge is -2.13. The van der Waals surface area contributed by atoms with E-state index < -0.39 is 6.10 Å². The van der Waals surface area contributed by atoms with Crippen molar-refractivity contribution in [2.24, 2.45) is 0 Å². The molecule has 1 N–H and O–H groups in total. The van der Waals surface area contributed by atoms with Crippen LogP contribution in [-0.2, 0) is 6.54 Å². The molecule has 0 bridgehead atoms. The molecule has 1 heterocycles. The van der Waals surface area contributed by atoms with Gasteiger partial charge in [0, 0.05) is 12.3 Å². The number of aromatic nitrogens is 2. The third-order valence-corrected chi connectivity index (χ3v) is 3.32. The third kappa shape index (κ3) is 2.46. The highest BCUT2D eigenvalue weighted by atomic mass is 16.3. The summed E-state index contributed by atoms with van der Waals surface area (Å²) in [6.07, 6.45) is 2.15. The average Bonchev–Trinajstić information content (AvgIpc) is 2.49. The molecule has 2 aromatic carbocycles. The molecule has 0 saturated carbocycles. The van der Waals surface area contributed by atoms with E-state index in [-0.39, 0.29) is 12.1 Å². The molecule has 4 heteroatoms. The highest BCUT2D eigenvalue weighted by molar-refractivity contribution is 5.83. The first-order valence-corrected chi connectivity index (χ1v) is 6.41. The van der Waals surface area contributed by atoms with Crippen LogP contribution in [0.15, 0.2) is 65.8 Å². The number of aliphatic hydroxyl groups excluding tert-OH is 1. The van der Waals surface area contributed by atoms with Crippen molar-refractivity contribution in [3.05, 3.63) is 77.0 Å². The van der Waals surface area contributed by atoms with Crippen LogP contribution in [0.25, 0.3) is 10.8 Å². The topological polar surface area (TPSA) is 55.1 Å². The van der Waals surface area contributed by atoms with Gasteiger partial charge in [0.15, 0.2) is 0 Å². The van der Waals surface area contributed by atoms with Crippen LogP contribution in [0.1, 0.15) is 11.7 Å². The van der Waals surface area contributed by atoms with Gasteiger partial charge in [0.1, 0.15) is 0 Å². The molecule has 100 valence electrons. The van der Waals surface area contributed by atoms with E-state index in [4.69, 9.17) is 0 Å². The van der Waals surface area contributed by atoms with Crippen molar-refractivity contribution in [3.63, 3.8) is 0 Å². The molecule has 4 nitrogen and oxygen atoms in total. The minimum Gasteiger partial charge on any atom is -0.387 e. The summed E-state index contributed by atoms with van der Waals surface area (Å²) in [5, 5.41) is 12.5. The van der Waals surface area contributed by atoms with Gasteiger partial charge in [0.25, 0.3) is 5.56 Å². The van der Waals surface area contributed by atoms with Gasteiger partial charge in [0.05, 0.1) is 19.0 Å². The van der Waals surface area contributed by atoms with Crippen LogP contribution < -0.4 is 5.56 Å². The summed E-state index contributed by atoms with van der Waals surface area (Å²) in [6, 6.07) is 15.2. The molecule has 0 aliphatic heterocycles. The van der Waals surface area contributed by atoms with E-state index in [1.165, 1.54) is 23.2 Å². The lowest BCUT2D eigenvalue weighted by atomic mass is 10.0. The first kappa shape index (κ1) is 12.6. The molecule has 0 aliphatic carbocycles. The standard InChI is InChI=1S/C16H14N2O2/c19-15(10-18-11-17-8-7-16(18)20)14-6-5-12-3-1-2-4-13(12)9-14/h1-9,11,15,19H,10H2. The van der Waals surface area contributed by atoms with Gasteiger partial charge < -0.3 is 5.11 Å². The summed E-state index contributed by atoms with van der Waals surface area (Å²) in [5.41, 5.74) is 0.624. The van der Waals surface area contributed by atoms with Crippen LogP contribution in [0.5, 0.6) is 0 Å². The number of hydrogen-bond acceptors (Lipinski definition) is 3. The van der Waals surface area contributed by atoms with Gasteiger partial charge in [-0.1, -0.05) is 36.4 Å². The average molecular weight is 266 g/mol. The molecule has 0 amide bonds. The Hall–Kier alpha value is -2.46. The molecule has 3 aromatic rings. The molecule has 0 radical (unpaired) electrons. The van der Waals surface area contributed by atoms with E-state index in [1.807, 2.05) is 42.5 Å². The van der Waals surface area contributed by atoms with Gasteiger partial charge in [-0.3, -0.25) is 9.36 Å². The van der Waals surface area contributed by atoms with Crippen LogP contribution in [0.3, 0.4) is 0 Å². The quantitative estimate of drug-likeness (QED) is 0.790. The Bertz CT molecular complexity index is 795. The lowest BCUT2D eigenvalue weighted by molar-refractivity contribution is 0.155. The number of hydrogen-bond donors (Lipinski definition) is 1. The molecule has 3 rings (SSSR count). The summed E-state index contributed by atoms with van der Waals surface area (Å²) in [4.78, 5) is 15.5. The van der Waals surface area contributed by atoms with Crippen LogP contribution in [0.2, 0.25) is 0 Å². The predicted octanol–water partition coefficient (Wildman–Crippen LogP) is 2.13. The Morgan fingerprint density at radius 1 is 1.10 bits per heavy atom. The Labute approximate surface area is 116 Å². The maximum atomic E-state index is 11.6. The molecule has 20 heavy (non-hydrogen) atoms. The molecule has 0 fully saturated rings. The van der Waals surface area contributed by atoms with E-state index in [0.717, 1.165) is 16.3 Å². The second-order valence-corrected chi connectivity index (χ2v) is 4.69. The van der Waals surface area contributed by atoms with Crippen LogP contribution in [0.4, 0.5) is 0 Å². The smallest absolute Gasteiger partial charge is 0.253 e. The van der Waals surface area contributed by atoms with Gasteiger partial charge in [-0.05, 0) is 22.4 Å². The van der Waals surface area contributed by atoms with Crippen molar-refractivity contribution >= 4 is 10.8 Å².